The van der Waals surface area contributed by atoms with Crippen LogP contribution < -0.4 is 10.3 Å². The smallest absolute Gasteiger partial charge is 0.332 e. The Bertz CT molecular complexity index is 1080. The van der Waals surface area contributed by atoms with Crippen molar-refractivity contribution >= 4 is 46.5 Å². The fourth-order valence-corrected chi connectivity index (χ4v) is 3.76. The van der Waals surface area contributed by atoms with E-state index >= 15 is 0 Å². The topological polar surface area (TPSA) is 71.8 Å². The zero-order chi connectivity index (χ0) is 25.3. The van der Waals surface area contributed by atoms with Crippen molar-refractivity contribution in [1.82, 2.24) is 10.3 Å². The molecule has 0 bridgehead atoms. The summed E-state index contributed by atoms with van der Waals surface area (Å²) in [7, 11) is 0. The fourth-order valence-electron chi connectivity index (χ4n) is 3.11. The predicted molar refractivity (Wildman–Crippen MR) is 97.7 cm³/mol. The molecule has 0 saturated carbocycles. The Labute approximate surface area is 187 Å². The highest BCUT2D eigenvalue weighted by atomic mass is 35.5. The minimum Gasteiger partial charge on any atom is -0.332 e. The van der Waals surface area contributed by atoms with Crippen molar-refractivity contribution in [2.45, 2.75) is 31.6 Å². The number of hydrogen-bond donors (Lipinski definition) is 2. The zero-order valence-electron chi connectivity index (χ0n) is 15.6. The molecule has 0 aromatic heterocycles. The molecule has 2 heterocycles. The third-order valence-corrected chi connectivity index (χ3v) is 4.94. The molecule has 1 fully saturated rings. The molecule has 2 aliphatic heterocycles. The van der Waals surface area contributed by atoms with Crippen LogP contribution in [0.3, 0.4) is 0 Å². The summed E-state index contributed by atoms with van der Waals surface area (Å²) >= 11 is 11.7. The SMILES string of the molecule is CC(=O)N1C2N=C(C(F)(F)F)NC(C(F)(F)F)=C2C(=N)N1c1c(Cl)cc(C(F)(F)F)cc1Cl. The molecule has 0 radical (unpaired) electrons. The molecule has 1 aromatic carbocycles. The van der Waals surface area contributed by atoms with Crippen LogP contribution in [-0.4, -0.2) is 41.1 Å². The first-order chi connectivity index (χ1) is 14.9. The molecular weight excluding hydrogens is 520 g/mol. The van der Waals surface area contributed by atoms with Crippen LogP contribution in [0.4, 0.5) is 45.2 Å². The number of allylic oxidation sites excluding steroid dienone is 1. The van der Waals surface area contributed by atoms with Crippen molar-refractivity contribution in [3.8, 4) is 0 Å². The van der Waals surface area contributed by atoms with Gasteiger partial charge in [-0.15, -0.1) is 0 Å². The van der Waals surface area contributed by atoms with Crippen LogP contribution in [0.2, 0.25) is 10.0 Å². The number of amidine groups is 2. The Hall–Kier alpha value is -2.68. The lowest BCUT2D eigenvalue weighted by Gasteiger charge is -2.32. The fraction of sp³-hybridized carbons (Fsp3) is 0.312. The number of hydrazine groups is 1. The van der Waals surface area contributed by atoms with Crippen LogP contribution in [0, 0.1) is 5.41 Å². The Morgan fingerprint density at radius 2 is 1.52 bits per heavy atom. The van der Waals surface area contributed by atoms with E-state index in [9.17, 15) is 44.3 Å². The van der Waals surface area contributed by atoms with Crippen LogP contribution >= 0.6 is 23.2 Å². The quantitative estimate of drug-likeness (QED) is 0.488. The van der Waals surface area contributed by atoms with E-state index in [4.69, 9.17) is 28.6 Å². The Morgan fingerprint density at radius 3 is 1.91 bits per heavy atom. The van der Waals surface area contributed by atoms with Crippen LogP contribution in [0.5, 0.6) is 0 Å². The Balaban J connectivity index is 2.30. The van der Waals surface area contributed by atoms with E-state index in [1.54, 1.807) is 0 Å². The lowest BCUT2D eigenvalue weighted by Crippen LogP contribution is -2.49. The number of aliphatic imine (C=N–C) groups is 1. The number of fused-ring (bicyclic) bond motifs is 1. The van der Waals surface area contributed by atoms with Crippen molar-refractivity contribution in [2.75, 3.05) is 5.01 Å². The molecule has 0 aliphatic carbocycles. The molecule has 1 saturated heterocycles. The second-order valence-corrected chi connectivity index (χ2v) is 7.39. The van der Waals surface area contributed by atoms with E-state index in [2.05, 4.69) is 4.99 Å². The second-order valence-electron chi connectivity index (χ2n) is 6.57. The number of amides is 1. The summed E-state index contributed by atoms with van der Waals surface area (Å²) in [6, 6.07) is 0.663. The van der Waals surface area contributed by atoms with Gasteiger partial charge in [0.1, 0.15) is 11.4 Å². The molecule has 2 N–H and O–H groups in total. The number of rotatable bonds is 1. The molecule has 1 aromatic rings. The molecule has 6 nitrogen and oxygen atoms in total. The molecule has 180 valence electrons. The summed E-state index contributed by atoms with van der Waals surface area (Å²) < 4.78 is 119. The average molecular weight is 528 g/mol. The van der Waals surface area contributed by atoms with Gasteiger partial charge >= 0.3 is 18.5 Å². The molecule has 33 heavy (non-hydrogen) atoms. The summed E-state index contributed by atoms with van der Waals surface area (Å²) in [5, 5.41) is 8.03. The number of hydrogen-bond acceptors (Lipinski definition) is 4. The summed E-state index contributed by atoms with van der Waals surface area (Å²) in [5.74, 6) is -4.54. The molecule has 3 rings (SSSR count). The number of alkyl halides is 9. The molecule has 2 aliphatic rings. The van der Waals surface area contributed by atoms with Gasteiger partial charge in [0.25, 0.3) is 0 Å². The van der Waals surface area contributed by atoms with Gasteiger partial charge in [-0.1, -0.05) is 23.2 Å². The third kappa shape index (κ3) is 4.30. The van der Waals surface area contributed by atoms with Crippen LogP contribution in [0.15, 0.2) is 28.4 Å². The molecule has 1 unspecified atom stereocenters. The first-order valence-electron chi connectivity index (χ1n) is 8.34. The summed E-state index contributed by atoms with van der Waals surface area (Å²) in [5.41, 5.74) is -5.32. The number of anilines is 1. The maximum absolute atomic E-state index is 13.6. The number of halogens is 11. The lowest BCUT2D eigenvalue weighted by atomic mass is 10.1. The van der Waals surface area contributed by atoms with E-state index in [1.807, 2.05) is 0 Å². The minimum absolute atomic E-state index is 0.205. The van der Waals surface area contributed by atoms with Gasteiger partial charge in [0.15, 0.2) is 12.0 Å². The maximum Gasteiger partial charge on any atom is 0.449 e. The van der Waals surface area contributed by atoms with Gasteiger partial charge in [0.2, 0.25) is 11.7 Å². The summed E-state index contributed by atoms with van der Waals surface area (Å²) in [6.45, 7) is 0.729. The summed E-state index contributed by atoms with van der Waals surface area (Å²) in [6.07, 6.45) is -18.1. The second kappa shape index (κ2) is 7.68. The van der Waals surface area contributed by atoms with Crippen molar-refractivity contribution in [3.63, 3.8) is 0 Å². The standard InChI is InChI=1S/C16H8Cl2F9N5O/c1-4(33)31-12-8(10(15(22,23)24)29-13(30-12)16(25,26)27)11(28)32(31)9-6(17)2-5(3-7(9)18)14(19,20)21/h2-3,12,28H,1H3,(H,29,30). The van der Waals surface area contributed by atoms with E-state index in [-0.39, 0.29) is 10.0 Å². The van der Waals surface area contributed by atoms with Crippen molar-refractivity contribution in [3.05, 3.63) is 39.0 Å². The monoisotopic (exact) mass is 527 g/mol. The molecule has 0 spiro atoms. The van der Waals surface area contributed by atoms with Gasteiger partial charge in [-0.3, -0.25) is 10.2 Å². The van der Waals surface area contributed by atoms with Crippen LogP contribution in [-0.2, 0) is 11.0 Å². The van der Waals surface area contributed by atoms with Crippen molar-refractivity contribution < 1.29 is 44.3 Å². The van der Waals surface area contributed by atoms with Crippen molar-refractivity contribution in [2.24, 2.45) is 4.99 Å². The largest absolute Gasteiger partial charge is 0.449 e. The third-order valence-electron chi connectivity index (χ3n) is 4.37. The molecule has 1 amide bonds. The number of carbonyl (C=O) groups excluding carboxylic acids is 1. The average Bonchev–Trinajstić information content (AvgIpc) is 2.91. The van der Waals surface area contributed by atoms with Gasteiger partial charge < -0.3 is 5.32 Å². The van der Waals surface area contributed by atoms with Crippen molar-refractivity contribution in [1.29, 1.82) is 5.41 Å². The molecular formula is C16H8Cl2F9N5O. The van der Waals surface area contributed by atoms with Crippen LogP contribution in [0.1, 0.15) is 12.5 Å². The van der Waals surface area contributed by atoms with Gasteiger partial charge in [-0.25, -0.2) is 15.0 Å². The number of benzene rings is 1. The van der Waals surface area contributed by atoms with Gasteiger partial charge in [0.05, 0.1) is 21.2 Å². The first-order valence-corrected chi connectivity index (χ1v) is 9.09. The van der Waals surface area contributed by atoms with E-state index < -0.39 is 74.8 Å². The minimum atomic E-state index is -5.46. The highest BCUT2D eigenvalue weighted by molar-refractivity contribution is 6.40. The normalized spacial score (nSPS) is 19.6. The maximum atomic E-state index is 13.6. The number of carbonyl (C=O) groups is 1. The molecule has 1 atom stereocenters. The first kappa shape index (κ1) is 25.0. The van der Waals surface area contributed by atoms with Crippen LogP contribution in [0.25, 0.3) is 0 Å². The van der Waals surface area contributed by atoms with E-state index in [1.165, 1.54) is 0 Å². The number of nitrogens with zero attached hydrogens (tertiary/aromatic N) is 3. The highest BCUT2D eigenvalue weighted by Crippen LogP contribution is 2.46. The molecule has 17 heteroatoms. The Kier molecular flexibility index (Phi) is 5.81. The number of nitrogens with one attached hydrogen (secondary N) is 2. The Morgan fingerprint density at radius 1 is 1.00 bits per heavy atom. The van der Waals surface area contributed by atoms with E-state index in [0.717, 1.165) is 12.2 Å². The van der Waals surface area contributed by atoms with Gasteiger partial charge in [-0.2, -0.15) is 39.5 Å². The summed E-state index contributed by atoms with van der Waals surface area (Å²) in [4.78, 5) is 15.3. The van der Waals surface area contributed by atoms with Gasteiger partial charge in [-0.05, 0) is 12.1 Å². The lowest BCUT2D eigenvalue weighted by molar-refractivity contribution is -0.137. The zero-order valence-corrected chi connectivity index (χ0v) is 17.2. The predicted octanol–water partition coefficient (Wildman–Crippen LogP) is 5.28. The van der Waals surface area contributed by atoms with E-state index in [0.29, 0.717) is 12.1 Å². The highest BCUT2D eigenvalue weighted by Gasteiger charge is 2.55. The van der Waals surface area contributed by atoms with Gasteiger partial charge in [0, 0.05) is 6.92 Å².